The van der Waals surface area contributed by atoms with Crippen molar-refractivity contribution in [3.63, 3.8) is 0 Å². The van der Waals surface area contributed by atoms with E-state index in [0.717, 1.165) is 79.9 Å². The molecule has 0 spiro atoms. The first-order chi connectivity index (χ1) is 23.1. The molecule has 2 aromatic carbocycles. The third-order valence-corrected chi connectivity index (χ3v) is 10.7. The summed E-state index contributed by atoms with van der Waals surface area (Å²) < 4.78 is 12.0. The lowest BCUT2D eigenvalue weighted by atomic mass is 9.84. The predicted octanol–water partition coefficient (Wildman–Crippen LogP) is 6.37. The fourth-order valence-corrected chi connectivity index (χ4v) is 7.51. The number of methoxy groups -OCH3 is 1. The summed E-state index contributed by atoms with van der Waals surface area (Å²) in [4.78, 5) is 39.3. The van der Waals surface area contributed by atoms with Crippen molar-refractivity contribution in [1.29, 1.82) is 0 Å². The van der Waals surface area contributed by atoms with Gasteiger partial charge in [-0.2, -0.15) is 0 Å². The standard InChI is InChI=1S/C38H48ClN5O4/c1-6-25(2)48-34-21-32-28(19-33(34)47-5)20-36(45)44(38(32)27-9-11-29(39)12-10-27)31-15-16-35(40-22-31)42(4)23-26-7-13-30(14-8-26)43-18-17-41(3)37(46)24-43/h9-12,15-16,19,21-22,25-26,30,38H,6-8,13-14,17-18,20,23-24H2,1-5H3/t25?,26?,30?,38-/m0/s1. The minimum absolute atomic E-state index is 0.0122. The number of hydrogen-bond donors (Lipinski definition) is 0. The van der Waals surface area contributed by atoms with Crippen LogP contribution in [-0.4, -0.2) is 86.1 Å². The van der Waals surface area contributed by atoms with Gasteiger partial charge >= 0.3 is 0 Å². The summed E-state index contributed by atoms with van der Waals surface area (Å²) in [7, 11) is 5.62. The molecule has 0 radical (unpaired) electrons. The second kappa shape index (κ2) is 14.7. The Bertz CT molecular complexity index is 1590. The number of amides is 2. The Morgan fingerprint density at radius 2 is 1.75 bits per heavy atom. The van der Waals surface area contributed by atoms with E-state index in [4.69, 9.17) is 26.1 Å². The van der Waals surface area contributed by atoms with Crippen LogP contribution < -0.4 is 19.3 Å². The van der Waals surface area contributed by atoms with Gasteiger partial charge in [0.15, 0.2) is 11.5 Å². The number of likely N-dealkylation sites (N-methyl/N-ethyl adjacent to an activating group) is 1. The number of aromatic nitrogens is 1. The topological polar surface area (TPSA) is 78.5 Å². The Morgan fingerprint density at radius 1 is 1.00 bits per heavy atom. The molecule has 48 heavy (non-hydrogen) atoms. The zero-order valence-electron chi connectivity index (χ0n) is 28.8. The van der Waals surface area contributed by atoms with Crippen molar-refractivity contribution in [3.05, 3.63) is 76.4 Å². The van der Waals surface area contributed by atoms with E-state index in [1.54, 1.807) is 7.11 Å². The largest absolute Gasteiger partial charge is 0.493 e. The van der Waals surface area contributed by atoms with E-state index in [1.165, 1.54) is 0 Å². The molecule has 10 heteroatoms. The first-order valence-electron chi connectivity index (χ1n) is 17.2. The van der Waals surface area contributed by atoms with Crippen LogP contribution in [0.25, 0.3) is 0 Å². The van der Waals surface area contributed by atoms with Crippen LogP contribution in [0, 0.1) is 5.92 Å². The van der Waals surface area contributed by atoms with E-state index in [9.17, 15) is 9.59 Å². The van der Waals surface area contributed by atoms with Crippen molar-refractivity contribution in [2.24, 2.45) is 5.92 Å². The minimum atomic E-state index is -0.389. The van der Waals surface area contributed by atoms with Crippen LogP contribution in [0.1, 0.15) is 68.7 Å². The lowest BCUT2D eigenvalue weighted by Gasteiger charge is -2.41. The summed E-state index contributed by atoms with van der Waals surface area (Å²) in [6.07, 6.45) is 7.48. The second-order valence-corrected chi connectivity index (χ2v) is 14.1. The van der Waals surface area contributed by atoms with Crippen LogP contribution in [0.4, 0.5) is 11.5 Å². The maximum absolute atomic E-state index is 13.9. The third-order valence-electron chi connectivity index (χ3n) is 10.4. The smallest absolute Gasteiger partial charge is 0.236 e. The lowest BCUT2D eigenvalue weighted by Crippen LogP contribution is -2.53. The molecular weight excluding hydrogens is 626 g/mol. The fraction of sp³-hybridized carbons (Fsp3) is 0.500. The quantitative estimate of drug-likeness (QED) is 0.248. The normalized spacial score (nSPS) is 22.3. The first kappa shape index (κ1) is 34.1. The molecule has 2 aliphatic heterocycles. The Hall–Kier alpha value is -3.82. The molecule has 9 nitrogen and oxygen atoms in total. The molecule has 0 bridgehead atoms. The molecule has 1 unspecified atom stereocenters. The van der Waals surface area contributed by atoms with Crippen molar-refractivity contribution < 1.29 is 19.1 Å². The average Bonchev–Trinajstić information content (AvgIpc) is 3.09. The van der Waals surface area contributed by atoms with Crippen molar-refractivity contribution >= 4 is 34.9 Å². The van der Waals surface area contributed by atoms with Crippen LogP contribution in [0.5, 0.6) is 11.5 Å². The molecule has 1 aromatic heterocycles. The number of fused-ring (bicyclic) bond motifs is 1. The minimum Gasteiger partial charge on any atom is -0.493 e. The van der Waals surface area contributed by atoms with Crippen molar-refractivity contribution in [3.8, 4) is 11.5 Å². The maximum atomic E-state index is 13.9. The predicted molar refractivity (Wildman–Crippen MR) is 190 cm³/mol. The number of pyridine rings is 1. The molecular formula is C38H48ClN5O4. The highest BCUT2D eigenvalue weighted by molar-refractivity contribution is 6.30. The van der Waals surface area contributed by atoms with Gasteiger partial charge in [0.1, 0.15) is 5.82 Å². The van der Waals surface area contributed by atoms with E-state index >= 15 is 0 Å². The fourth-order valence-electron chi connectivity index (χ4n) is 7.38. The van der Waals surface area contributed by atoms with Gasteiger partial charge < -0.3 is 19.3 Å². The van der Waals surface area contributed by atoms with E-state index in [1.807, 2.05) is 78.5 Å². The van der Waals surface area contributed by atoms with Gasteiger partial charge in [-0.05, 0) is 98.0 Å². The molecule has 2 atom stereocenters. The number of carbonyl (C=O) groups excluding carboxylic acids is 2. The number of piperazine rings is 1. The summed E-state index contributed by atoms with van der Waals surface area (Å²) in [6.45, 7) is 7.39. The number of benzene rings is 2. The highest BCUT2D eigenvalue weighted by Gasteiger charge is 2.37. The Kier molecular flexibility index (Phi) is 10.5. The van der Waals surface area contributed by atoms with Gasteiger partial charge in [0.2, 0.25) is 11.8 Å². The number of nitrogens with zero attached hydrogens (tertiary/aromatic N) is 5. The summed E-state index contributed by atoms with van der Waals surface area (Å²) in [5.41, 5.74) is 3.60. The number of ether oxygens (including phenoxy) is 2. The number of rotatable bonds is 10. The van der Waals surface area contributed by atoms with Crippen LogP contribution in [0.2, 0.25) is 5.02 Å². The Labute approximate surface area is 289 Å². The molecule has 3 aromatic rings. The van der Waals surface area contributed by atoms with Gasteiger partial charge in [-0.25, -0.2) is 4.98 Å². The summed E-state index contributed by atoms with van der Waals surface area (Å²) >= 11 is 6.29. The van der Waals surface area contributed by atoms with Gasteiger partial charge in [0.25, 0.3) is 0 Å². The number of carbonyl (C=O) groups is 2. The third kappa shape index (κ3) is 7.27. The van der Waals surface area contributed by atoms with Crippen LogP contribution in [0.3, 0.4) is 0 Å². The summed E-state index contributed by atoms with van der Waals surface area (Å²) in [5.74, 6) is 2.97. The van der Waals surface area contributed by atoms with E-state index < -0.39 is 0 Å². The molecule has 1 saturated carbocycles. The van der Waals surface area contributed by atoms with Crippen LogP contribution in [0.15, 0.2) is 54.7 Å². The van der Waals surface area contributed by atoms with Crippen molar-refractivity contribution in [2.75, 3.05) is 57.2 Å². The van der Waals surface area contributed by atoms with Gasteiger partial charge in [0.05, 0.1) is 44.1 Å². The van der Waals surface area contributed by atoms with Crippen molar-refractivity contribution in [2.45, 2.75) is 70.6 Å². The maximum Gasteiger partial charge on any atom is 0.236 e. The molecule has 1 aliphatic carbocycles. The summed E-state index contributed by atoms with van der Waals surface area (Å²) in [6, 6.07) is 15.8. The van der Waals surface area contributed by atoms with Crippen molar-refractivity contribution in [1.82, 2.24) is 14.8 Å². The molecule has 2 amide bonds. The SMILES string of the molecule is CCC(C)Oc1cc2c(cc1OC)CC(=O)N(c1ccc(N(C)CC3CCC(N4CCN(C)C(=O)C4)CC3)nc1)[C@H]2c1ccc(Cl)cc1. The molecule has 256 valence electrons. The van der Waals surface area contributed by atoms with Crippen LogP contribution >= 0.6 is 11.6 Å². The van der Waals surface area contributed by atoms with Gasteiger partial charge in [0, 0.05) is 44.8 Å². The van der Waals surface area contributed by atoms with Gasteiger partial charge in [-0.15, -0.1) is 0 Å². The van der Waals surface area contributed by atoms with E-state index in [-0.39, 0.29) is 30.4 Å². The molecule has 6 rings (SSSR count). The zero-order valence-corrected chi connectivity index (χ0v) is 29.6. The molecule has 3 heterocycles. The molecule has 2 fully saturated rings. The highest BCUT2D eigenvalue weighted by Crippen LogP contribution is 2.44. The highest BCUT2D eigenvalue weighted by atomic mass is 35.5. The van der Waals surface area contributed by atoms with E-state index in [2.05, 4.69) is 23.8 Å². The monoisotopic (exact) mass is 673 g/mol. The first-order valence-corrected chi connectivity index (χ1v) is 17.6. The lowest BCUT2D eigenvalue weighted by molar-refractivity contribution is -0.135. The Balaban J connectivity index is 1.20. The average molecular weight is 674 g/mol. The van der Waals surface area contributed by atoms with Gasteiger partial charge in [-0.3, -0.25) is 19.4 Å². The van der Waals surface area contributed by atoms with Crippen LogP contribution in [-0.2, 0) is 16.0 Å². The second-order valence-electron chi connectivity index (χ2n) is 13.6. The Morgan fingerprint density at radius 3 is 2.40 bits per heavy atom. The number of anilines is 2. The van der Waals surface area contributed by atoms with E-state index in [0.29, 0.717) is 35.0 Å². The molecule has 3 aliphatic rings. The zero-order chi connectivity index (χ0) is 33.9. The number of halogens is 1. The summed E-state index contributed by atoms with van der Waals surface area (Å²) in [5, 5.41) is 0.639. The number of hydrogen-bond acceptors (Lipinski definition) is 7. The molecule has 0 N–H and O–H groups in total. The molecule has 1 saturated heterocycles. The van der Waals surface area contributed by atoms with Gasteiger partial charge in [-0.1, -0.05) is 30.7 Å².